The van der Waals surface area contributed by atoms with Gasteiger partial charge in [0.2, 0.25) is 0 Å². The molecule has 0 unspecified atom stereocenters. The Bertz CT molecular complexity index is 50.4. The molecule has 2 N–H and O–H groups in total. The van der Waals surface area contributed by atoms with Gasteiger partial charge >= 0.3 is 0 Å². The molecule has 0 aliphatic heterocycles. The molecule has 0 spiro atoms. The SMILES string of the molecule is CC[C@@H](I)[C@@H](O)CO. The molecule has 8 heavy (non-hydrogen) atoms. The van der Waals surface area contributed by atoms with Crippen molar-refractivity contribution in [3.8, 4) is 0 Å². The van der Waals surface area contributed by atoms with E-state index in [0.717, 1.165) is 6.42 Å². The van der Waals surface area contributed by atoms with Crippen LogP contribution in [0.1, 0.15) is 13.3 Å². The number of alkyl halides is 1. The van der Waals surface area contributed by atoms with Gasteiger partial charge in [-0.25, -0.2) is 0 Å². The Kier molecular flexibility index (Phi) is 4.89. The van der Waals surface area contributed by atoms with Crippen LogP contribution >= 0.6 is 22.6 Å². The topological polar surface area (TPSA) is 40.5 Å². The lowest BCUT2D eigenvalue weighted by atomic mass is 10.2. The molecule has 0 saturated carbocycles. The van der Waals surface area contributed by atoms with E-state index in [1.54, 1.807) is 0 Å². The molecule has 0 aromatic rings. The quantitative estimate of drug-likeness (QED) is 0.549. The first-order valence-electron chi connectivity index (χ1n) is 2.65. The van der Waals surface area contributed by atoms with E-state index >= 15 is 0 Å². The molecular weight excluding hydrogens is 219 g/mol. The molecule has 0 heterocycles. The Morgan fingerprint density at radius 3 is 2.25 bits per heavy atom. The Labute approximate surface area is 63.0 Å². The summed E-state index contributed by atoms with van der Waals surface area (Å²) in [5.41, 5.74) is 0. The number of aliphatic hydroxyl groups is 2. The molecule has 3 heteroatoms. The number of rotatable bonds is 3. The molecule has 0 radical (unpaired) electrons. The Morgan fingerprint density at radius 2 is 2.12 bits per heavy atom. The summed E-state index contributed by atoms with van der Waals surface area (Å²) in [6.45, 7) is 1.86. The Balaban J connectivity index is 3.29. The second-order valence-electron chi connectivity index (χ2n) is 1.67. The first kappa shape index (κ1) is 8.65. The van der Waals surface area contributed by atoms with E-state index in [1.165, 1.54) is 0 Å². The molecule has 2 atom stereocenters. The largest absolute Gasteiger partial charge is 0.394 e. The van der Waals surface area contributed by atoms with Crippen LogP contribution in [-0.4, -0.2) is 26.8 Å². The summed E-state index contributed by atoms with van der Waals surface area (Å²) in [5, 5.41) is 17.3. The molecule has 0 aliphatic rings. The van der Waals surface area contributed by atoms with Gasteiger partial charge in [0.1, 0.15) is 0 Å². The van der Waals surface area contributed by atoms with Gasteiger partial charge in [-0.15, -0.1) is 0 Å². The molecule has 0 rings (SSSR count). The summed E-state index contributed by atoms with van der Waals surface area (Å²) in [4.78, 5) is 0. The minimum absolute atomic E-state index is 0.124. The van der Waals surface area contributed by atoms with E-state index in [-0.39, 0.29) is 10.5 Å². The van der Waals surface area contributed by atoms with Crippen LogP contribution in [-0.2, 0) is 0 Å². The molecule has 0 aromatic heterocycles. The van der Waals surface area contributed by atoms with Crippen LogP contribution in [0.4, 0.5) is 0 Å². The number of aliphatic hydroxyl groups excluding tert-OH is 2. The molecule has 0 aromatic carbocycles. The van der Waals surface area contributed by atoms with Gasteiger partial charge in [0, 0.05) is 3.92 Å². The number of halogens is 1. The monoisotopic (exact) mass is 230 g/mol. The van der Waals surface area contributed by atoms with Crippen LogP contribution in [0.2, 0.25) is 0 Å². The van der Waals surface area contributed by atoms with Gasteiger partial charge in [0.25, 0.3) is 0 Å². The lowest BCUT2D eigenvalue weighted by molar-refractivity contribution is 0.0958. The first-order chi connectivity index (χ1) is 3.72. The van der Waals surface area contributed by atoms with E-state index in [2.05, 4.69) is 22.6 Å². The van der Waals surface area contributed by atoms with Gasteiger partial charge in [-0.3, -0.25) is 0 Å². The van der Waals surface area contributed by atoms with E-state index in [4.69, 9.17) is 10.2 Å². The highest BCUT2D eigenvalue weighted by Crippen LogP contribution is 2.09. The third-order valence-electron chi connectivity index (χ3n) is 0.995. The van der Waals surface area contributed by atoms with Crippen molar-refractivity contribution in [2.75, 3.05) is 6.61 Å². The van der Waals surface area contributed by atoms with Crippen LogP contribution in [0.3, 0.4) is 0 Å². The molecule has 2 nitrogen and oxygen atoms in total. The summed E-state index contributed by atoms with van der Waals surface area (Å²) in [7, 11) is 0. The van der Waals surface area contributed by atoms with Crippen molar-refractivity contribution in [2.45, 2.75) is 23.4 Å². The predicted molar refractivity (Wildman–Crippen MR) is 41.2 cm³/mol. The summed E-state index contributed by atoms with van der Waals surface area (Å²) >= 11 is 2.12. The van der Waals surface area contributed by atoms with Crippen molar-refractivity contribution in [3.63, 3.8) is 0 Å². The summed E-state index contributed by atoms with van der Waals surface area (Å²) in [6, 6.07) is 0. The summed E-state index contributed by atoms with van der Waals surface area (Å²) < 4.78 is 0.192. The maximum atomic E-state index is 8.87. The van der Waals surface area contributed by atoms with Crippen molar-refractivity contribution in [1.29, 1.82) is 0 Å². The lowest BCUT2D eigenvalue weighted by Crippen LogP contribution is -2.23. The molecule has 0 amide bonds. The highest BCUT2D eigenvalue weighted by molar-refractivity contribution is 14.1. The van der Waals surface area contributed by atoms with Gasteiger partial charge in [-0.05, 0) is 6.42 Å². The highest BCUT2D eigenvalue weighted by atomic mass is 127. The average Bonchev–Trinajstić information content (AvgIpc) is 1.84. The minimum atomic E-state index is -0.541. The third kappa shape index (κ3) is 2.84. The van der Waals surface area contributed by atoms with Gasteiger partial charge in [-0.1, -0.05) is 29.5 Å². The third-order valence-corrected chi connectivity index (χ3v) is 2.71. The molecule has 50 valence electrons. The zero-order valence-electron chi connectivity index (χ0n) is 4.84. The smallest absolute Gasteiger partial charge is 0.0888 e. The van der Waals surface area contributed by atoms with Crippen LogP contribution in [0.25, 0.3) is 0 Å². The van der Waals surface area contributed by atoms with Crippen LogP contribution < -0.4 is 0 Å². The molecule has 0 fully saturated rings. The van der Waals surface area contributed by atoms with Gasteiger partial charge in [0.15, 0.2) is 0 Å². The minimum Gasteiger partial charge on any atom is -0.394 e. The van der Waals surface area contributed by atoms with Crippen molar-refractivity contribution in [1.82, 2.24) is 0 Å². The van der Waals surface area contributed by atoms with E-state index in [0.29, 0.717) is 0 Å². The lowest BCUT2D eigenvalue weighted by Gasteiger charge is -2.10. The normalized spacial score (nSPS) is 18.0. The summed E-state index contributed by atoms with van der Waals surface area (Å²) in [6.07, 6.45) is 0.364. The Morgan fingerprint density at radius 1 is 1.62 bits per heavy atom. The zero-order chi connectivity index (χ0) is 6.57. The fourth-order valence-electron chi connectivity index (χ4n) is 0.386. The maximum Gasteiger partial charge on any atom is 0.0888 e. The molecule has 0 bridgehead atoms. The predicted octanol–water partition coefficient (Wildman–Crippen LogP) is 0.553. The van der Waals surface area contributed by atoms with Gasteiger partial charge in [-0.2, -0.15) is 0 Å². The van der Waals surface area contributed by atoms with Crippen molar-refractivity contribution in [2.24, 2.45) is 0 Å². The fraction of sp³-hybridized carbons (Fsp3) is 1.00. The van der Waals surface area contributed by atoms with E-state index in [9.17, 15) is 0 Å². The molecule has 0 saturated heterocycles. The Hall–Kier alpha value is 0.650. The van der Waals surface area contributed by atoms with Gasteiger partial charge < -0.3 is 10.2 Å². The van der Waals surface area contributed by atoms with E-state index in [1.807, 2.05) is 6.92 Å². The second-order valence-corrected chi connectivity index (χ2v) is 3.27. The number of hydrogen-bond acceptors (Lipinski definition) is 2. The van der Waals surface area contributed by atoms with Crippen LogP contribution in [0.15, 0.2) is 0 Å². The van der Waals surface area contributed by atoms with Crippen molar-refractivity contribution in [3.05, 3.63) is 0 Å². The summed E-state index contributed by atoms with van der Waals surface area (Å²) in [5.74, 6) is 0. The van der Waals surface area contributed by atoms with Crippen LogP contribution in [0, 0.1) is 0 Å². The maximum absolute atomic E-state index is 8.87. The molecular formula is C5H11IO2. The average molecular weight is 230 g/mol. The van der Waals surface area contributed by atoms with Crippen molar-refractivity contribution >= 4 is 22.6 Å². The zero-order valence-corrected chi connectivity index (χ0v) is 7.00. The van der Waals surface area contributed by atoms with Gasteiger partial charge in [0.05, 0.1) is 12.7 Å². The highest BCUT2D eigenvalue weighted by Gasteiger charge is 2.10. The first-order valence-corrected chi connectivity index (χ1v) is 3.90. The second kappa shape index (κ2) is 4.52. The standard InChI is InChI=1S/C5H11IO2/c1-2-4(6)5(8)3-7/h4-5,7-8H,2-3H2,1H3/t4-,5+/m1/s1. The molecule has 0 aliphatic carbocycles. The fourth-order valence-corrected chi connectivity index (χ4v) is 0.614. The van der Waals surface area contributed by atoms with Crippen LogP contribution in [0.5, 0.6) is 0 Å². The van der Waals surface area contributed by atoms with Crippen molar-refractivity contribution < 1.29 is 10.2 Å². The van der Waals surface area contributed by atoms with E-state index < -0.39 is 6.10 Å². The number of hydrogen-bond donors (Lipinski definition) is 2.